The van der Waals surface area contributed by atoms with Crippen molar-refractivity contribution < 1.29 is 4.79 Å². The maximum Gasteiger partial charge on any atom is 0.229 e. The van der Waals surface area contributed by atoms with E-state index in [2.05, 4.69) is 32.9 Å². The Bertz CT molecular complexity index is 368. The van der Waals surface area contributed by atoms with Gasteiger partial charge in [0, 0.05) is 16.0 Å². The maximum absolute atomic E-state index is 11.5. The lowest BCUT2D eigenvalue weighted by Gasteiger charge is -2.09. The Morgan fingerprint density at radius 1 is 1.67 bits per heavy atom. The van der Waals surface area contributed by atoms with Crippen molar-refractivity contribution in [1.29, 1.82) is 0 Å². The number of hydrogen-bond donors (Lipinski definition) is 2. The van der Waals surface area contributed by atoms with Crippen LogP contribution in [0.2, 0.25) is 0 Å². The Hall–Kier alpha value is -0.690. The highest BCUT2D eigenvalue weighted by molar-refractivity contribution is 14.1. The summed E-state index contributed by atoms with van der Waals surface area (Å²) < 4.78 is 1.08. The summed E-state index contributed by atoms with van der Waals surface area (Å²) in [6, 6.07) is 3.71. The van der Waals surface area contributed by atoms with Crippen LogP contribution in [0.4, 0.5) is 5.82 Å². The molecule has 4 nitrogen and oxygen atoms in total. The molecule has 5 heteroatoms. The van der Waals surface area contributed by atoms with E-state index in [1.54, 1.807) is 13.0 Å². The molecular formula is C10H14IN3O. The highest BCUT2D eigenvalue weighted by Gasteiger charge is 2.11. The van der Waals surface area contributed by atoms with Crippen LogP contribution in [-0.2, 0) is 4.79 Å². The quantitative estimate of drug-likeness (QED) is 0.830. The molecule has 0 fully saturated rings. The lowest BCUT2D eigenvalue weighted by atomic mass is 10.2. The van der Waals surface area contributed by atoms with Gasteiger partial charge in [-0.2, -0.15) is 0 Å². The molecule has 1 amide bonds. The average molecular weight is 319 g/mol. The van der Waals surface area contributed by atoms with Gasteiger partial charge in [0.15, 0.2) is 0 Å². The molecule has 0 bridgehead atoms. The molecule has 1 rings (SSSR count). The van der Waals surface area contributed by atoms with E-state index in [9.17, 15) is 4.79 Å². The van der Waals surface area contributed by atoms with Crippen molar-refractivity contribution in [3.63, 3.8) is 0 Å². The van der Waals surface area contributed by atoms with Crippen LogP contribution in [0.25, 0.3) is 0 Å². The third-order valence-corrected chi connectivity index (χ3v) is 3.21. The summed E-state index contributed by atoms with van der Waals surface area (Å²) in [4.78, 5) is 15.8. The van der Waals surface area contributed by atoms with Gasteiger partial charge in [-0.15, -0.1) is 0 Å². The number of halogens is 1. The van der Waals surface area contributed by atoms with Crippen LogP contribution in [0.5, 0.6) is 0 Å². The minimum Gasteiger partial charge on any atom is -0.330 e. The Balaban J connectivity index is 2.73. The van der Waals surface area contributed by atoms with Crippen molar-refractivity contribution in [2.45, 2.75) is 13.8 Å². The van der Waals surface area contributed by atoms with Gasteiger partial charge < -0.3 is 11.1 Å². The normalized spacial score (nSPS) is 12.3. The molecule has 0 saturated heterocycles. The van der Waals surface area contributed by atoms with Crippen molar-refractivity contribution in [2.24, 2.45) is 11.7 Å². The van der Waals surface area contributed by atoms with E-state index < -0.39 is 0 Å². The van der Waals surface area contributed by atoms with E-state index in [4.69, 9.17) is 5.73 Å². The molecule has 1 unspecified atom stereocenters. The van der Waals surface area contributed by atoms with Gasteiger partial charge in [-0.3, -0.25) is 4.79 Å². The summed E-state index contributed by atoms with van der Waals surface area (Å²) in [5, 5.41) is 2.73. The fourth-order valence-corrected chi connectivity index (χ4v) is 1.27. The van der Waals surface area contributed by atoms with E-state index in [-0.39, 0.29) is 11.8 Å². The predicted octanol–water partition coefficient (Wildman–Crippen LogP) is 1.53. The number of anilines is 1. The molecule has 1 aromatic heterocycles. The number of aromatic nitrogens is 1. The van der Waals surface area contributed by atoms with Crippen molar-refractivity contribution in [3.05, 3.63) is 21.4 Å². The summed E-state index contributed by atoms with van der Waals surface area (Å²) in [5.74, 6) is 0.301. The number of aryl methyl sites for hydroxylation is 1. The van der Waals surface area contributed by atoms with Crippen molar-refractivity contribution in [3.8, 4) is 0 Å². The molecule has 15 heavy (non-hydrogen) atoms. The van der Waals surface area contributed by atoms with Gasteiger partial charge in [-0.05, 0) is 41.6 Å². The van der Waals surface area contributed by atoms with Crippen molar-refractivity contribution in [2.75, 3.05) is 11.9 Å². The molecule has 0 spiro atoms. The number of carbonyl (C=O) groups is 1. The molecule has 0 radical (unpaired) electrons. The Labute approximate surface area is 103 Å². The molecule has 1 heterocycles. The van der Waals surface area contributed by atoms with Gasteiger partial charge in [-0.1, -0.05) is 6.92 Å². The molecule has 1 atom stereocenters. The van der Waals surface area contributed by atoms with Crippen LogP contribution in [0.15, 0.2) is 12.1 Å². The van der Waals surface area contributed by atoms with Gasteiger partial charge >= 0.3 is 0 Å². The van der Waals surface area contributed by atoms with E-state index in [1.165, 1.54) is 0 Å². The summed E-state index contributed by atoms with van der Waals surface area (Å²) in [7, 11) is 0. The zero-order valence-corrected chi connectivity index (χ0v) is 10.9. The Kier molecular flexibility index (Phi) is 4.46. The largest absolute Gasteiger partial charge is 0.330 e. The van der Waals surface area contributed by atoms with Gasteiger partial charge in [0.2, 0.25) is 5.91 Å². The SMILES string of the molecule is Cc1nc(NC(=O)C(C)CN)ccc1I. The number of amides is 1. The van der Waals surface area contributed by atoms with Crippen molar-refractivity contribution >= 4 is 34.3 Å². The summed E-state index contributed by atoms with van der Waals surface area (Å²) in [5.41, 5.74) is 6.31. The number of carbonyl (C=O) groups excluding carboxylic acids is 1. The molecule has 82 valence electrons. The van der Waals surface area contributed by atoms with Crippen LogP contribution >= 0.6 is 22.6 Å². The summed E-state index contributed by atoms with van der Waals surface area (Å²) in [6.45, 7) is 4.04. The molecule has 0 aliphatic carbocycles. The Morgan fingerprint density at radius 2 is 2.33 bits per heavy atom. The van der Waals surface area contributed by atoms with E-state index in [0.29, 0.717) is 12.4 Å². The van der Waals surface area contributed by atoms with Gasteiger partial charge in [0.1, 0.15) is 5.82 Å². The van der Waals surface area contributed by atoms with Gasteiger partial charge in [0.25, 0.3) is 0 Å². The van der Waals surface area contributed by atoms with Crippen LogP contribution in [-0.4, -0.2) is 17.4 Å². The fourth-order valence-electron chi connectivity index (χ4n) is 0.970. The second-order valence-corrected chi connectivity index (χ2v) is 4.55. The number of pyridine rings is 1. The van der Waals surface area contributed by atoms with Crippen LogP contribution in [0.1, 0.15) is 12.6 Å². The molecule has 0 aliphatic heterocycles. The highest BCUT2D eigenvalue weighted by Crippen LogP contribution is 2.12. The third kappa shape index (κ3) is 3.42. The smallest absolute Gasteiger partial charge is 0.229 e. The number of nitrogens with one attached hydrogen (secondary N) is 1. The van der Waals surface area contributed by atoms with E-state index in [1.807, 2.05) is 13.0 Å². The highest BCUT2D eigenvalue weighted by atomic mass is 127. The second kappa shape index (κ2) is 5.41. The van der Waals surface area contributed by atoms with E-state index in [0.717, 1.165) is 9.26 Å². The van der Waals surface area contributed by atoms with Crippen LogP contribution < -0.4 is 11.1 Å². The summed E-state index contributed by atoms with van der Waals surface area (Å²) >= 11 is 2.20. The average Bonchev–Trinajstić information content (AvgIpc) is 2.22. The number of hydrogen-bond acceptors (Lipinski definition) is 3. The lowest BCUT2D eigenvalue weighted by molar-refractivity contribution is -0.119. The number of nitrogens with two attached hydrogens (primary N) is 1. The predicted molar refractivity (Wildman–Crippen MR) is 68.5 cm³/mol. The third-order valence-electron chi connectivity index (χ3n) is 2.07. The maximum atomic E-state index is 11.5. The zero-order valence-electron chi connectivity index (χ0n) is 8.75. The fraction of sp³-hybridized carbons (Fsp3) is 0.400. The molecule has 0 aliphatic rings. The van der Waals surface area contributed by atoms with Gasteiger partial charge in [-0.25, -0.2) is 4.98 Å². The molecular weight excluding hydrogens is 305 g/mol. The van der Waals surface area contributed by atoms with Gasteiger partial charge in [0.05, 0.1) is 5.69 Å². The van der Waals surface area contributed by atoms with E-state index >= 15 is 0 Å². The monoisotopic (exact) mass is 319 g/mol. The first-order valence-corrected chi connectivity index (χ1v) is 5.76. The Morgan fingerprint density at radius 3 is 2.87 bits per heavy atom. The first-order chi connectivity index (χ1) is 7.04. The first-order valence-electron chi connectivity index (χ1n) is 4.68. The topological polar surface area (TPSA) is 68.0 Å². The second-order valence-electron chi connectivity index (χ2n) is 3.39. The van der Waals surface area contributed by atoms with Crippen LogP contribution in [0, 0.1) is 16.4 Å². The zero-order chi connectivity index (χ0) is 11.4. The van der Waals surface area contributed by atoms with Crippen molar-refractivity contribution in [1.82, 2.24) is 4.98 Å². The lowest BCUT2D eigenvalue weighted by Crippen LogP contribution is -2.27. The minimum atomic E-state index is -0.189. The number of rotatable bonds is 3. The molecule has 0 saturated carbocycles. The molecule has 3 N–H and O–H groups in total. The molecule has 0 aromatic carbocycles. The first kappa shape index (κ1) is 12.4. The molecule has 1 aromatic rings. The standard InChI is InChI=1S/C10H14IN3O/c1-6(5-12)10(15)14-9-4-3-8(11)7(2)13-9/h3-4,6H,5,12H2,1-2H3,(H,13,14,15). The van der Waals surface area contributed by atoms with Crippen LogP contribution in [0.3, 0.4) is 0 Å². The minimum absolute atomic E-state index is 0.0920. The number of nitrogens with zero attached hydrogens (tertiary/aromatic N) is 1. The summed E-state index contributed by atoms with van der Waals surface area (Å²) in [6.07, 6.45) is 0.